The molecule has 0 aliphatic rings. The fourth-order valence-electron chi connectivity index (χ4n) is 2.15. The summed E-state index contributed by atoms with van der Waals surface area (Å²) in [7, 11) is 0. The molecule has 1 atom stereocenters. The summed E-state index contributed by atoms with van der Waals surface area (Å²) in [6.45, 7) is -0.247. The average Bonchev–Trinajstić information content (AvgIpc) is 3.19. The van der Waals surface area contributed by atoms with Gasteiger partial charge in [0.25, 0.3) is 5.91 Å². The van der Waals surface area contributed by atoms with Gasteiger partial charge in [-0.3, -0.25) is 9.59 Å². The van der Waals surface area contributed by atoms with Crippen LogP contribution in [0, 0.1) is 0 Å². The number of ether oxygens (including phenoxy) is 1. The maximum Gasteiger partial charge on any atom is 0.258 e. The molecule has 0 saturated carbocycles. The topological polar surface area (TPSA) is 135 Å². The zero-order valence-electron chi connectivity index (χ0n) is 13.6. The van der Waals surface area contributed by atoms with Crippen LogP contribution < -0.4 is 15.6 Å². The van der Waals surface area contributed by atoms with Crippen LogP contribution in [0.2, 0.25) is 0 Å². The van der Waals surface area contributed by atoms with Gasteiger partial charge in [0.1, 0.15) is 18.2 Å². The number of nitrogens with one attached hydrogen (secondary N) is 2. The Hall–Kier alpha value is -3.53. The highest BCUT2D eigenvalue weighted by molar-refractivity contribution is 5.77. The van der Waals surface area contributed by atoms with E-state index in [1.54, 1.807) is 30.3 Å². The number of pyridine rings is 1. The number of H-pyrrole nitrogens is 1. The Morgan fingerprint density at radius 3 is 2.77 bits per heavy atom. The number of hydrogen-bond donors (Lipinski definition) is 3. The van der Waals surface area contributed by atoms with Crippen LogP contribution in [0.3, 0.4) is 0 Å². The van der Waals surface area contributed by atoms with Crippen LogP contribution >= 0.6 is 0 Å². The van der Waals surface area contributed by atoms with Gasteiger partial charge >= 0.3 is 0 Å². The Labute approximate surface area is 147 Å². The van der Waals surface area contributed by atoms with Gasteiger partial charge in [-0.05, 0) is 40.8 Å². The average molecular weight is 356 g/mol. The number of aliphatic hydroxyl groups excluding tert-OH is 1. The molecule has 0 spiro atoms. The monoisotopic (exact) mass is 356 g/mol. The molecule has 0 saturated heterocycles. The number of benzene rings is 1. The fourth-order valence-corrected chi connectivity index (χ4v) is 2.15. The quantitative estimate of drug-likeness (QED) is 0.523. The van der Waals surface area contributed by atoms with Gasteiger partial charge in [-0.25, -0.2) is 4.68 Å². The van der Waals surface area contributed by atoms with Crippen molar-refractivity contribution in [3.8, 4) is 11.4 Å². The molecule has 3 aromatic rings. The predicted octanol–water partition coefficient (Wildman–Crippen LogP) is -0.421. The van der Waals surface area contributed by atoms with Crippen molar-refractivity contribution >= 4 is 5.91 Å². The van der Waals surface area contributed by atoms with Gasteiger partial charge in [0.05, 0.1) is 5.69 Å². The molecule has 3 N–H and O–H groups in total. The number of amides is 1. The first-order valence-electron chi connectivity index (χ1n) is 7.72. The second-order valence-corrected chi connectivity index (χ2v) is 5.33. The van der Waals surface area contributed by atoms with Gasteiger partial charge in [0.15, 0.2) is 6.61 Å². The maximum atomic E-state index is 11.8. The number of aromatic amines is 1. The van der Waals surface area contributed by atoms with Crippen molar-refractivity contribution in [3.05, 3.63) is 64.8 Å². The van der Waals surface area contributed by atoms with Crippen molar-refractivity contribution in [3.63, 3.8) is 0 Å². The van der Waals surface area contributed by atoms with E-state index in [1.807, 2.05) is 0 Å². The zero-order valence-corrected chi connectivity index (χ0v) is 13.6. The van der Waals surface area contributed by atoms with E-state index in [1.165, 1.54) is 23.1 Å². The van der Waals surface area contributed by atoms with E-state index >= 15 is 0 Å². The van der Waals surface area contributed by atoms with Gasteiger partial charge in [-0.1, -0.05) is 6.07 Å². The summed E-state index contributed by atoms with van der Waals surface area (Å²) < 4.78 is 6.88. The predicted molar refractivity (Wildman–Crippen MR) is 89.7 cm³/mol. The number of rotatable bonds is 7. The van der Waals surface area contributed by atoms with Gasteiger partial charge in [0.2, 0.25) is 5.56 Å². The lowest BCUT2D eigenvalue weighted by Gasteiger charge is -2.12. The van der Waals surface area contributed by atoms with Crippen LogP contribution in [0.5, 0.6) is 5.75 Å². The van der Waals surface area contributed by atoms with E-state index in [0.29, 0.717) is 11.4 Å². The Kier molecular flexibility index (Phi) is 5.34. The van der Waals surface area contributed by atoms with Gasteiger partial charge < -0.3 is 20.1 Å². The highest BCUT2D eigenvalue weighted by Crippen LogP contribution is 2.14. The molecule has 1 unspecified atom stereocenters. The van der Waals surface area contributed by atoms with Crippen molar-refractivity contribution < 1.29 is 14.6 Å². The summed E-state index contributed by atoms with van der Waals surface area (Å²) in [5.74, 6) is 0.108. The minimum atomic E-state index is -1.01. The van der Waals surface area contributed by atoms with Crippen LogP contribution in [-0.4, -0.2) is 49.4 Å². The summed E-state index contributed by atoms with van der Waals surface area (Å²) in [5.41, 5.74) is 0.769. The molecule has 10 nitrogen and oxygen atoms in total. The number of hydrogen-bond acceptors (Lipinski definition) is 7. The Morgan fingerprint density at radius 2 is 2.08 bits per heavy atom. The summed E-state index contributed by atoms with van der Waals surface area (Å²) in [5, 5.41) is 23.4. The van der Waals surface area contributed by atoms with Crippen molar-refractivity contribution in [1.29, 1.82) is 0 Å². The molecular formula is C16H16N6O4. The largest absolute Gasteiger partial charge is 0.484 e. The molecule has 2 aromatic heterocycles. The van der Waals surface area contributed by atoms with E-state index < -0.39 is 12.0 Å². The molecule has 0 bridgehead atoms. The number of carbonyl (C=O) groups excluding carboxylic acids is 1. The molecule has 26 heavy (non-hydrogen) atoms. The highest BCUT2D eigenvalue weighted by atomic mass is 16.5. The van der Waals surface area contributed by atoms with Crippen LogP contribution in [0.15, 0.2) is 53.6 Å². The van der Waals surface area contributed by atoms with Gasteiger partial charge in [-0.2, -0.15) is 0 Å². The van der Waals surface area contributed by atoms with Crippen LogP contribution in [0.1, 0.15) is 11.8 Å². The summed E-state index contributed by atoms with van der Waals surface area (Å²) in [6.07, 6.45) is 0.456. The molecule has 1 aromatic carbocycles. The lowest BCUT2D eigenvalue weighted by molar-refractivity contribution is -0.123. The Balaban J connectivity index is 1.46. The second-order valence-electron chi connectivity index (χ2n) is 5.33. The zero-order chi connectivity index (χ0) is 18.4. The van der Waals surface area contributed by atoms with Crippen LogP contribution in [0.4, 0.5) is 0 Å². The molecule has 10 heteroatoms. The Bertz CT molecular complexity index is 907. The third-order valence-electron chi connectivity index (χ3n) is 3.46. The molecule has 134 valence electrons. The number of aliphatic hydroxyl groups is 1. The van der Waals surface area contributed by atoms with Crippen molar-refractivity contribution in [2.75, 3.05) is 13.2 Å². The third-order valence-corrected chi connectivity index (χ3v) is 3.46. The minimum Gasteiger partial charge on any atom is -0.484 e. The molecule has 0 aliphatic carbocycles. The van der Waals surface area contributed by atoms with Crippen LogP contribution in [-0.2, 0) is 4.79 Å². The molecule has 2 heterocycles. The van der Waals surface area contributed by atoms with E-state index in [9.17, 15) is 14.7 Å². The normalized spacial score (nSPS) is 11.7. The van der Waals surface area contributed by atoms with Gasteiger partial charge in [-0.15, -0.1) is 5.10 Å². The molecule has 0 aliphatic heterocycles. The number of tetrazole rings is 1. The fraction of sp³-hybridized carbons (Fsp3) is 0.188. The summed E-state index contributed by atoms with van der Waals surface area (Å²) in [6, 6.07) is 11.3. The summed E-state index contributed by atoms with van der Waals surface area (Å²) >= 11 is 0. The van der Waals surface area contributed by atoms with E-state index in [0.717, 1.165) is 5.69 Å². The maximum absolute atomic E-state index is 11.8. The first kappa shape index (κ1) is 17.3. The summed E-state index contributed by atoms with van der Waals surface area (Å²) in [4.78, 5) is 25.5. The smallest absolute Gasteiger partial charge is 0.258 e. The molecule has 0 radical (unpaired) electrons. The van der Waals surface area contributed by atoms with Crippen molar-refractivity contribution in [2.24, 2.45) is 0 Å². The van der Waals surface area contributed by atoms with Gasteiger partial charge in [0, 0.05) is 18.3 Å². The van der Waals surface area contributed by atoms with E-state index in [-0.39, 0.29) is 18.7 Å². The third kappa shape index (κ3) is 4.51. The van der Waals surface area contributed by atoms with E-state index in [2.05, 4.69) is 25.8 Å². The second kappa shape index (κ2) is 8.03. The number of aromatic nitrogens is 5. The number of carbonyl (C=O) groups is 1. The lowest BCUT2D eigenvalue weighted by atomic mass is 10.2. The molecule has 3 rings (SSSR count). The SMILES string of the molecule is O=C(COc1ccc(-n2cnnn2)cc1)NCC(O)c1cccc(=O)[nH]1. The van der Waals surface area contributed by atoms with Crippen molar-refractivity contribution in [2.45, 2.75) is 6.10 Å². The van der Waals surface area contributed by atoms with Crippen molar-refractivity contribution in [1.82, 2.24) is 30.5 Å². The minimum absolute atomic E-state index is 0.0413. The molecular weight excluding hydrogens is 340 g/mol. The highest BCUT2D eigenvalue weighted by Gasteiger charge is 2.10. The lowest BCUT2D eigenvalue weighted by Crippen LogP contribution is -2.33. The first-order chi connectivity index (χ1) is 12.6. The number of nitrogens with zero attached hydrogens (tertiary/aromatic N) is 4. The molecule has 0 fully saturated rings. The standard InChI is InChI=1S/C16H16N6O4/c23-14(13-2-1-3-15(24)19-13)8-17-16(25)9-26-12-6-4-11(5-7-12)22-10-18-20-21-22/h1-7,10,14,23H,8-9H2,(H,17,25)(H,19,24). The van der Waals surface area contributed by atoms with Crippen LogP contribution in [0.25, 0.3) is 5.69 Å². The first-order valence-corrected chi connectivity index (χ1v) is 7.72. The Morgan fingerprint density at radius 1 is 1.27 bits per heavy atom. The molecule has 1 amide bonds. The van der Waals surface area contributed by atoms with E-state index in [4.69, 9.17) is 4.74 Å².